The fourth-order valence-electron chi connectivity index (χ4n) is 3.01. The molecule has 0 amide bonds. The standard InChI is InChI=1S/C20H30O2S2/c1-20(2,3)15-10-12-16(13-11-15)24-18-9-7-5-6-8-17(18)23-14-19(21)22-4/h10-13,17-18H,5-9,14H2,1-4H3/t17-,18-/m1/s1. The summed E-state index contributed by atoms with van der Waals surface area (Å²) in [6.07, 6.45) is 6.34. The van der Waals surface area contributed by atoms with E-state index in [2.05, 4.69) is 45.0 Å². The van der Waals surface area contributed by atoms with Gasteiger partial charge in [-0.05, 0) is 36.0 Å². The quantitative estimate of drug-likeness (QED) is 0.494. The molecular formula is C20H30O2S2. The van der Waals surface area contributed by atoms with E-state index in [1.807, 2.05) is 11.8 Å². The lowest BCUT2D eigenvalue weighted by Gasteiger charge is -2.24. The molecule has 1 aromatic rings. The molecule has 2 rings (SSSR count). The Labute approximate surface area is 155 Å². The maximum absolute atomic E-state index is 11.5. The van der Waals surface area contributed by atoms with Gasteiger partial charge in [0.15, 0.2) is 0 Å². The molecule has 1 fully saturated rings. The molecule has 0 spiro atoms. The van der Waals surface area contributed by atoms with Crippen LogP contribution in [0.1, 0.15) is 58.4 Å². The van der Waals surface area contributed by atoms with Crippen LogP contribution in [0.15, 0.2) is 29.2 Å². The zero-order valence-corrected chi connectivity index (χ0v) is 17.0. The van der Waals surface area contributed by atoms with Crippen molar-refractivity contribution < 1.29 is 9.53 Å². The minimum Gasteiger partial charge on any atom is -0.468 e. The number of benzene rings is 1. The Morgan fingerprint density at radius 1 is 1.08 bits per heavy atom. The van der Waals surface area contributed by atoms with Gasteiger partial charge >= 0.3 is 5.97 Å². The molecular weight excluding hydrogens is 336 g/mol. The Balaban J connectivity index is 2.01. The summed E-state index contributed by atoms with van der Waals surface area (Å²) >= 11 is 3.77. The number of carbonyl (C=O) groups excluding carboxylic acids is 1. The first-order valence-electron chi connectivity index (χ1n) is 8.86. The molecule has 1 aliphatic rings. The number of thioether (sulfide) groups is 2. The third-order valence-corrected chi connectivity index (χ3v) is 7.52. The molecule has 2 atom stereocenters. The third-order valence-electron chi connectivity index (χ3n) is 4.54. The van der Waals surface area contributed by atoms with Crippen LogP contribution in [0.4, 0.5) is 0 Å². The van der Waals surface area contributed by atoms with E-state index < -0.39 is 0 Å². The molecule has 134 valence electrons. The fourth-order valence-corrected chi connectivity index (χ4v) is 5.78. The molecule has 0 saturated heterocycles. The number of rotatable bonds is 5. The van der Waals surface area contributed by atoms with E-state index in [-0.39, 0.29) is 11.4 Å². The average Bonchev–Trinajstić information content (AvgIpc) is 2.77. The van der Waals surface area contributed by atoms with Crippen LogP contribution < -0.4 is 0 Å². The van der Waals surface area contributed by atoms with Gasteiger partial charge < -0.3 is 4.74 Å². The summed E-state index contributed by atoms with van der Waals surface area (Å²) < 4.78 is 4.80. The van der Waals surface area contributed by atoms with Crippen LogP contribution in [-0.4, -0.2) is 29.3 Å². The molecule has 2 nitrogen and oxygen atoms in total. The Morgan fingerprint density at radius 2 is 1.71 bits per heavy atom. The van der Waals surface area contributed by atoms with Crippen molar-refractivity contribution in [3.63, 3.8) is 0 Å². The topological polar surface area (TPSA) is 26.3 Å². The minimum atomic E-state index is -0.109. The highest BCUT2D eigenvalue weighted by Gasteiger charge is 2.26. The van der Waals surface area contributed by atoms with E-state index >= 15 is 0 Å². The van der Waals surface area contributed by atoms with Crippen molar-refractivity contribution in [3.05, 3.63) is 29.8 Å². The summed E-state index contributed by atoms with van der Waals surface area (Å²) in [5, 5.41) is 1.13. The second-order valence-corrected chi connectivity index (χ2v) is 10.0. The Hall–Kier alpha value is -0.610. The molecule has 0 unspecified atom stereocenters. The van der Waals surface area contributed by atoms with E-state index in [0.717, 1.165) is 0 Å². The van der Waals surface area contributed by atoms with Crippen molar-refractivity contribution in [3.8, 4) is 0 Å². The van der Waals surface area contributed by atoms with Gasteiger partial charge in [0.1, 0.15) is 0 Å². The lowest BCUT2D eigenvalue weighted by molar-refractivity contribution is -0.137. The van der Waals surface area contributed by atoms with Crippen LogP contribution in [0, 0.1) is 0 Å². The summed E-state index contributed by atoms with van der Waals surface area (Å²) in [6, 6.07) is 9.04. The second kappa shape index (κ2) is 9.19. The van der Waals surface area contributed by atoms with Crippen LogP contribution in [0.25, 0.3) is 0 Å². The Bertz CT molecular complexity index is 519. The largest absolute Gasteiger partial charge is 0.468 e. The van der Waals surface area contributed by atoms with Gasteiger partial charge in [-0.3, -0.25) is 4.79 Å². The predicted octanol–water partition coefficient (Wildman–Crippen LogP) is 5.68. The predicted molar refractivity (Wildman–Crippen MR) is 106 cm³/mol. The maximum Gasteiger partial charge on any atom is 0.315 e. The first kappa shape index (κ1) is 19.7. The van der Waals surface area contributed by atoms with Crippen LogP contribution in [0.5, 0.6) is 0 Å². The smallest absolute Gasteiger partial charge is 0.315 e. The molecule has 4 heteroatoms. The summed E-state index contributed by atoms with van der Waals surface area (Å²) in [5.74, 6) is 0.365. The van der Waals surface area contributed by atoms with Crippen molar-refractivity contribution in [1.29, 1.82) is 0 Å². The van der Waals surface area contributed by atoms with Crippen LogP contribution in [0.3, 0.4) is 0 Å². The van der Waals surface area contributed by atoms with Gasteiger partial charge in [0.05, 0.1) is 12.9 Å². The van der Waals surface area contributed by atoms with Gasteiger partial charge in [-0.1, -0.05) is 52.2 Å². The highest BCUT2D eigenvalue weighted by Crippen LogP contribution is 2.39. The fraction of sp³-hybridized carbons (Fsp3) is 0.650. The average molecular weight is 367 g/mol. The number of ether oxygens (including phenoxy) is 1. The van der Waals surface area contributed by atoms with Crippen LogP contribution >= 0.6 is 23.5 Å². The van der Waals surface area contributed by atoms with Crippen molar-refractivity contribution in [1.82, 2.24) is 0 Å². The minimum absolute atomic E-state index is 0.109. The number of hydrogen-bond acceptors (Lipinski definition) is 4. The number of carbonyl (C=O) groups is 1. The first-order chi connectivity index (χ1) is 11.4. The maximum atomic E-state index is 11.5. The second-order valence-electron chi connectivity index (χ2n) is 7.49. The van der Waals surface area contributed by atoms with Gasteiger partial charge in [0, 0.05) is 15.4 Å². The number of hydrogen-bond donors (Lipinski definition) is 0. The van der Waals surface area contributed by atoms with Crippen LogP contribution in [-0.2, 0) is 14.9 Å². The Kier molecular flexibility index (Phi) is 7.55. The molecule has 0 aromatic heterocycles. The lowest BCUT2D eigenvalue weighted by atomic mass is 9.87. The summed E-state index contributed by atoms with van der Waals surface area (Å²) in [6.45, 7) is 6.75. The summed E-state index contributed by atoms with van der Waals surface area (Å²) in [7, 11) is 1.47. The zero-order chi connectivity index (χ0) is 17.6. The lowest BCUT2D eigenvalue weighted by Crippen LogP contribution is -2.21. The van der Waals surface area contributed by atoms with E-state index in [0.29, 0.717) is 16.3 Å². The molecule has 0 bridgehead atoms. The van der Waals surface area contributed by atoms with Crippen molar-refractivity contribution in [2.45, 2.75) is 73.7 Å². The van der Waals surface area contributed by atoms with Gasteiger partial charge in [0.25, 0.3) is 0 Å². The summed E-state index contributed by atoms with van der Waals surface area (Å²) in [4.78, 5) is 12.8. The molecule has 1 aromatic carbocycles. The van der Waals surface area contributed by atoms with Gasteiger partial charge in [0.2, 0.25) is 0 Å². The van der Waals surface area contributed by atoms with Crippen molar-refractivity contribution in [2.24, 2.45) is 0 Å². The SMILES string of the molecule is COC(=O)CS[C@@H]1CCCCC[C@H]1Sc1ccc(C(C)(C)C)cc1. The zero-order valence-electron chi connectivity index (χ0n) is 15.3. The van der Waals surface area contributed by atoms with Gasteiger partial charge in [-0.15, -0.1) is 23.5 Å². The van der Waals surface area contributed by atoms with Gasteiger partial charge in [-0.25, -0.2) is 0 Å². The molecule has 1 saturated carbocycles. The molecule has 0 N–H and O–H groups in total. The van der Waals surface area contributed by atoms with E-state index in [4.69, 9.17) is 4.74 Å². The number of methoxy groups -OCH3 is 1. The van der Waals surface area contributed by atoms with E-state index in [1.54, 1.807) is 11.8 Å². The van der Waals surface area contributed by atoms with Crippen LogP contribution in [0.2, 0.25) is 0 Å². The first-order valence-corrected chi connectivity index (χ1v) is 10.8. The molecule has 0 heterocycles. The molecule has 24 heavy (non-hydrogen) atoms. The monoisotopic (exact) mass is 366 g/mol. The third kappa shape index (κ3) is 6.03. The highest BCUT2D eigenvalue weighted by atomic mass is 32.2. The van der Waals surface area contributed by atoms with E-state index in [1.165, 1.54) is 49.7 Å². The summed E-state index contributed by atoms with van der Waals surface area (Å²) in [5.41, 5.74) is 1.58. The highest BCUT2D eigenvalue weighted by molar-refractivity contribution is 8.04. The normalized spacial score (nSPS) is 22.0. The molecule has 1 aliphatic carbocycles. The molecule has 0 radical (unpaired) electrons. The van der Waals surface area contributed by atoms with Crippen molar-refractivity contribution in [2.75, 3.05) is 12.9 Å². The van der Waals surface area contributed by atoms with Gasteiger partial charge in [-0.2, -0.15) is 0 Å². The van der Waals surface area contributed by atoms with E-state index in [9.17, 15) is 4.79 Å². The Morgan fingerprint density at radius 3 is 2.29 bits per heavy atom. The number of esters is 1. The molecule has 0 aliphatic heterocycles. The van der Waals surface area contributed by atoms with Crippen molar-refractivity contribution >= 4 is 29.5 Å².